The zero-order chi connectivity index (χ0) is 15.2. The van der Waals surface area contributed by atoms with Gasteiger partial charge in [-0.2, -0.15) is 4.31 Å². The van der Waals surface area contributed by atoms with E-state index in [1.165, 1.54) is 10.6 Å². The summed E-state index contributed by atoms with van der Waals surface area (Å²) in [6.45, 7) is 9.29. The maximum absolute atomic E-state index is 11.6. The van der Waals surface area contributed by atoms with Crippen molar-refractivity contribution in [3.63, 3.8) is 0 Å². The highest BCUT2D eigenvalue weighted by molar-refractivity contribution is 7.88. The molecule has 0 radical (unpaired) electrons. The molecule has 0 bridgehead atoms. The molecule has 20 heavy (non-hydrogen) atoms. The minimum Gasteiger partial charge on any atom is -0.373 e. The normalized spacial score (nSPS) is 28.4. The third kappa shape index (κ3) is 3.35. The zero-order valence-electron chi connectivity index (χ0n) is 13.3. The van der Waals surface area contributed by atoms with Crippen molar-refractivity contribution >= 4 is 10.0 Å². The van der Waals surface area contributed by atoms with Crippen molar-refractivity contribution in [2.45, 2.75) is 57.2 Å². The van der Waals surface area contributed by atoms with E-state index in [0.717, 1.165) is 32.4 Å². The van der Waals surface area contributed by atoms with Crippen LogP contribution in [0.25, 0.3) is 0 Å². The molecule has 0 aliphatic carbocycles. The molecule has 0 aromatic rings. The van der Waals surface area contributed by atoms with Crippen LogP contribution >= 0.6 is 0 Å². The third-order valence-electron chi connectivity index (χ3n) is 4.85. The van der Waals surface area contributed by atoms with E-state index in [1.54, 1.807) is 7.05 Å². The molecule has 5 nitrogen and oxygen atoms in total. The average Bonchev–Trinajstić information content (AvgIpc) is 2.70. The van der Waals surface area contributed by atoms with E-state index in [2.05, 4.69) is 25.7 Å². The van der Waals surface area contributed by atoms with Gasteiger partial charge in [-0.05, 0) is 40.0 Å². The van der Waals surface area contributed by atoms with E-state index in [9.17, 15) is 8.42 Å². The predicted octanol–water partition coefficient (Wildman–Crippen LogP) is 1.30. The van der Waals surface area contributed by atoms with Crippen LogP contribution in [-0.4, -0.2) is 67.8 Å². The molecule has 2 rings (SSSR count). The molecule has 6 heteroatoms. The Bertz CT molecular complexity index is 448. The molecule has 0 saturated carbocycles. The standard InChI is InChI=1S/C14H28N2O3S/c1-13(2,3)16-8-6-14(7-9-16)10-12(11-19-14)15(4)20(5,17)18/h12H,6-11H2,1-5H3. The van der Waals surface area contributed by atoms with Crippen molar-refractivity contribution in [2.24, 2.45) is 0 Å². The van der Waals surface area contributed by atoms with Crippen molar-refractivity contribution in [1.82, 2.24) is 9.21 Å². The van der Waals surface area contributed by atoms with Gasteiger partial charge in [0.2, 0.25) is 10.0 Å². The highest BCUT2D eigenvalue weighted by atomic mass is 32.2. The first kappa shape index (κ1) is 16.2. The van der Waals surface area contributed by atoms with Gasteiger partial charge < -0.3 is 4.74 Å². The monoisotopic (exact) mass is 304 g/mol. The minimum absolute atomic E-state index is 0.00816. The van der Waals surface area contributed by atoms with Gasteiger partial charge in [-0.3, -0.25) is 4.90 Å². The summed E-state index contributed by atoms with van der Waals surface area (Å²) in [5.74, 6) is 0. The fraction of sp³-hybridized carbons (Fsp3) is 1.00. The van der Waals surface area contributed by atoms with E-state index in [1.807, 2.05) is 0 Å². The van der Waals surface area contributed by atoms with Crippen LogP contribution in [0.2, 0.25) is 0 Å². The van der Waals surface area contributed by atoms with Crippen LogP contribution in [0.3, 0.4) is 0 Å². The Hall–Kier alpha value is -0.170. The number of likely N-dealkylation sites (N-methyl/N-ethyl adjacent to an activating group) is 1. The fourth-order valence-electron chi connectivity index (χ4n) is 3.26. The van der Waals surface area contributed by atoms with Gasteiger partial charge in [0.25, 0.3) is 0 Å². The summed E-state index contributed by atoms with van der Waals surface area (Å²) >= 11 is 0. The van der Waals surface area contributed by atoms with Gasteiger partial charge in [-0.15, -0.1) is 0 Å². The maximum atomic E-state index is 11.6. The molecule has 2 heterocycles. The number of ether oxygens (including phenoxy) is 1. The first-order valence-corrected chi connectivity index (χ1v) is 9.20. The van der Waals surface area contributed by atoms with Gasteiger partial charge in [0.15, 0.2) is 0 Å². The van der Waals surface area contributed by atoms with Crippen molar-refractivity contribution in [2.75, 3.05) is 33.0 Å². The van der Waals surface area contributed by atoms with Gasteiger partial charge in [0.1, 0.15) is 0 Å². The molecule has 0 aromatic carbocycles. The molecular formula is C14H28N2O3S. The Kier molecular flexibility index (Phi) is 4.24. The van der Waals surface area contributed by atoms with Crippen molar-refractivity contribution < 1.29 is 13.2 Å². The summed E-state index contributed by atoms with van der Waals surface area (Å²) in [7, 11) is -1.47. The molecular weight excluding hydrogens is 276 g/mol. The van der Waals surface area contributed by atoms with E-state index >= 15 is 0 Å². The van der Waals surface area contributed by atoms with Gasteiger partial charge >= 0.3 is 0 Å². The lowest BCUT2D eigenvalue weighted by molar-refractivity contribution is -0.0590. The Morgan fingerprint density at radius 1 is 1.25 bits per heavy atom. The lowest BCUT2D eigenvalue weighted by Gasteiger charge is -2.44. The number of sulfonamides is 1. The summed E-state index contributed by atoms with van der Waals surface area (Å²) in [6, 6.07) is -0.00816. The molecule has 1 spiro atoms. The maximum Gasteiger partial charge on any atom is 0.211 e. The van der Waals surface area contributed by atoms with Gasteiger partial charge in [-0.1, -0.05) is 0 Å². The number of likely N-dealkylation sites (tertiary alicyclic amines) is 1. The van der Waals surface area contributed by atoms with Crippen LogP contribution in [0.1, 0.15) is 40.0 Å². The first-order chi connectivity index (χ1) is 9.04. The minimum atomic E-state index is -3.13. The largest absolute Gasteiger partial charge is 0.373 e. The Morgan fingerprint density at radius 2 is 1.80 bits per heavy atom. The zero-order valence-corrected chi connectivity index (χ0v) is 14.2. The lowest BCUT2D eigenvalue weighted by atomic mass is 9.85. The van der Waals surface area contributed by atoms with Gasteiger partial charge in [0, 0.05) is 25.7 Å². The number of nitrogens with zero attached hydrogens (tertiary/aromatic N) is 2. The third-order valence-corrected chi connectivity index (χ3v) is 6.19. The van der Waals surface area contributed by atoms with E-state index in [4.69, 9.17) is 4.74 Å². The molecule has 2 aliphatic heterocycles. The smallest absolute Gasteiger partial charge is 0.211 e. The van der Waals surface area contributed by atoms with Crippen molar-refractivity contribution in [1.29, 1.82) is 0 Å². The Balaban J connectivity index is 1.97. The molecule has 2 saturated heterocycles. The van der Waals surface area contributed by atoms with Crippen LogP contribution in [-0.2, 0) is 14.8 Å². The van der Waals surface area contributed by atoms with Gasteiger partial charge in [-0.25, -0.2) is 8.42 Å². The second kappa shape index (κ2) is 5.23. The summed E-state index contributed by atoms with van der Waals surface area (Å²) in [5, 5.41) is 0. The van der Waals surface area contributed by atoms with E-state index in [-0.39, 0.29) is 17.2 Å². The molecule has 0 N–H and O–H groups in total. The second-order valence-corrected chi connectivity index (χ2v) is 9.33. The van der Waals surface area contributed by atoms with Crippen LogP contribution in [0, 0.1) is 0 Å². The summed E-state index contributed by atoms with van der Waals surface area (Å²) < 4.78 is 30.8. The van der Waals surface area contributed by atoms with E-state index < -0.39 is 10.0 Å². The lowest BCUT2D eigenvalue weighted by Crippen LogP contribution is -2.51. The van der Waals surface area contributed by atoms with Gasteiger partial charge in [0.05, 0.1) is 24.5 Å². The van der Waals surface area contributed by atoms with Crippen LogP contribution < -0.4 is 0 Å². The fourth-order valence-corrected chi connectivity index (χ4v) is 3.94. The topological polar surface area (TPSA) is 49.9 Å². The summed E-state index contributed by atoms with van der Waals surface area (Å²) in [5.41, 5.74) is 0.0918. The Morgan fingerprint density at radius 3 is 2.25 bits per heavy atom. The SMILES string of the molecule is CN(C1COC2(CCN(C(C)(C)C)CC2)C1)S(C)(=O)=O. The predicted molar refractivity (Wildman–Crippen MR) is 80.3 cm³/mol. The summed E-state index contributed by atoms with van der Waals surface area (Å²) in [6.07, 6.45) is 4.09. The molecule has 118 valence electrons. The first-order valence-electron chi connectivity index (χ1n) is 7.36. The van der Waals surface area contributed by atoms with Crippen LogP contribution in [0.15, 0.2) is 0 Å². The highest BCUT2D eigenvalue weighted by Gasteiger charge is 2.46. The quantitative estimate of drug-likeness (QED) is 0.771. The number of rotatable bonds is 2. The molecule has 2 fully saturated rings. The summed E-state index contributed by atoms with van der Waals surface area (Å²) in [4.78, 5) is 2.48. The number of piperidine rings is 1. The molecule has 1 unspecified atom stereocenters. The molecule has 0 amide bonds. The Labute approximate surface area is 123 Å². The molecule has 1 atom stereocenters. The second-order valence-electron chi connectivity index (χ2n) is 7.29. The molecule has 2 aliphatic rings. The van der Waals surface area contributed by atoms with Crippen LogP contribution in [0.5, 0.6) is 0 Å². The van der Waals surface area contributed by atoms with Crippen molar-refractivity contribution in [3.05, 3.63) is 0 Å². The average molecular weight is 304 g/mol. The van der Waals surface area contributed by atoms with E-state index in [0.29, 0.717) is 6.61 Å². The van der Waals surface area contributed by atoms with Crippen LogP contribution in [0.4, 0.5) is 0 Å². The number of hydrogen-bond acceptors (Lipinski definition) is 4. The number of hydrogen-bond donors (Lipinski definition) is 0. The highest BCUT2D eigenvalue weighted by Crippen LogP contribution is 2.39. The molecule has 0 aromatic heterocycles. The van der Waals surface area contributed by atoms with Crippen molar-refractivity contribution in [3.8, 4) is 0 Å².